The minimum atomic E-state index is -4.77. The number of fused-ring (bicyclic) bond motifs is 1. The van der Waals surface area contributed by atoms with Crippen LogP contribution in [0.25, 0.3) is 16.7 Å². The van der Waals surface area contributed by atoms with Gasteiger partial charge in [0.25, 0.3) is 0 Å². The van der Waals surface area contributed by atoms with E-state index in [-0.39, 0.29) is 45.1 Å². The Kier molecular flexibility index (Phi) is 30.1. The Labute approximate surface area is 519 Å². The molecule has 9 rings (SSSR count). The van der Waals surface area contributed by atoms with E-state index in [1.54, 1.807) is 24.4 Å². The Hall–Kier alpha value is -10.4. The van der Waals surface area contributed by atoms with Crippen LogP contribution in [-0.4, -0.2) is 81.9 Å². The topological polar surface area (TPSA) is 333 Å². The molecule has 9 aromatic rings. The van der Waals surface area contributed by atoms with Crippen LogP contribution in [0.15, 0.2) is 176 Å². The fourth-order valence-corrected chi connectivity index (χ4v) is 6.31. The van der Waals surface area contributed by atoms with E-state index in [4.69, 9.17) is 34.8 Å². The number of alkyl halides is 13. The fraction of sp³-hybridized carbons (Fsp3) is 0.132. The molecule has 0 aliphatic carbocycles. The van der Waals surface area contributed by atoms with E-state index in [2.05, 4.69) is 54.5 Å². The number of benzene rings is 4. The zero-order valence-electron chi connectivity index (χ0n) is 46.5. The summed E-state index contributed by atoms with van der Waals surface area (Å²) in [5.41, 5.74) is 14.3. The molecule has 0 atom stereocenters. The number of aliphatic hydroxyl groups excluding tert-OH is 1. The number of nitrogen functional groups attached to an aromatic ring is 2. The first-order valence-corrected chi connectivity index (χ1v) is 25.6. The molecule has 0 saturated carbocycles. The fourth-order valence-electron chi connectivity index (χ4n) is 6.13. The molecule has 0 fully saturated rings. The van der Waals surface area contributed by atoms with E-state index >= 15 is 0 Å². The lowest BCUT2D eigenvalue weighted by molar-refractivity contribution is -0.385. The average Bonchev–Trinajstić information content (AvgIpc) is 1.69. The number of nitrogens with zero attached hydrogens (tertiary/aromatic N) is 8. The van der Waals surface area contributed by atoms with Crippen molar-refractivity contribution in [1.29, 1.82) is 5.26 Å². The van der Waals surface area contributed by atoms with Crippen molar-refractivity contribution >= 4 is 90.7 Å². The van der Waals surface area contributed by atoms with Crippen molar-refractivity contribution in [3.63, 3.8) is 0 Å². The van der Waals surface area contributed by atoms with Crippen molar-refractivity contribution in [3.8, 4) is 34.8 Å². The van der Waals surface area contributed by atoms with Crippen molar-refractivity contribution in [2.75, 3.05) is 34.1 Å². The maximum atomic E-state index is 12.1. The molecule has 5 aromatic heterocycles. The number of nitrogens with two attached hydrogens (primary N) is 2. The monoisotopic (exact) mass is 1410 g/mol. The number of aromatic nitrogens is 6. The second-order valence-electron chi connectivity index (χ2n) is 15.6. The normalized spacial score (nSPS) is 10.6. The molecule has 0 saturated heterocycles. The van der Waals surface area contributed by atoms with Gasteiger partial charge in [-0.2, -0.15) is 5.26 Å². The van der Waals surface area contributed by atoms with Gasteiger partial charge in [-0.25, -0.2) is 4.79 Å². The number of imidazole rings is 1. The zero-order valence-corrected chi connectivity index (χ0v) is 48.4. The summed E-state index contributed by atoms with van der Waals surface area (Å²) < 4.78 is 165. The minimum Gasteiger partial charge on any atom is -0.406 e. The summed E-state index contributed by atoms with van der Waals surface area (Å²) in [7, 11) is 1.00. The van der Waals surface area contributed by atoms with E-state index in [0.29, 0.717) is 50.1 Å². The van der Waals surface area contributed by atoms with Crippen LogP contribution in [0.2, 0.25) is 5.02 Å². The van der Waals surface area contributed by atoms with Crippen LogP contribution in [-0.2, 0) is 0 Å². The molecule has 0 radical (unpaired) electrons. The van der Waals surface area contributed by atoms with Crippen LogP contribution < -0.4 is 46.7 Å². The number of nitrogens with one attached hydrogen (secondary N) is 3. The van der Waals surface area contributed by atoms with E-state index < -0.39 is 41.0 Å². The summed E-state index contributed by atoms with van der Waals surface area (Å²) in [5, 5.41) is 41.0. The van der Waals surface area contributed by atoms with Gasteiger partial charge in [-0.05, 0) is 126 Å². The number of H-pyrrole nitrogens is 1. The second kappa shape index (κ2) is 36.7. The van der Waals surface area contributed by atoms with Crippen molar-refractivity contribution in [2.24, 2.45) is 0 Å². The largest absolute Gasteiger partial charge is 0.573 e. The summed E-state index contributed by atoms with van der Waals surface area (Å²) in [4.78, 5) is 49.6. The molecule has 90 heavy (non-hydrogen) atoms. The van der Waals surface area contributed by atoms with Gasteiger partial charge in [0, 0.05) is 57.3 Å². The maximum absolute atomic E-state index is 12.1. The lowest BCUT2D eigenvalue weighted by atomic mass is 10.2. The molecule has 0 aliphatic rings. The summed E-state index contributed by atoms with van der Waals surface area (Å²) >= 11 is 7.39. The first kappa shape index (κ1) is 73.8. The number of rotatable bonds is 11. The van der Waals surface area contributed by atoms with Gasteiger partial charge in [0.2, 0.25) is 0 Å². The number of pyridine rings is 4. The highest BCUT2D eigenvalue weighted by molar-refractivity contribution is 14.1. The number of aromatic amines is 1. The van der Waals surface area contributed by atoms with Crippen molar-refractivity contribution < 1.29 is 88.0 Å². The highest BCUT2D eigenvalue weighted by atomic mass is 127. The number of anilines is 6. The predicted molar refractivity (Wildman–Crippen MR) is 314 cm³/mol. The van der Waals surface area contributed by atoms with Gasteiger partial charge in [0.05, 0.1) is 56.4 Å². The predicted octanol–water partition coefficient (Wildman–Crippen LogP) is 14.6. The molecule has 8 N–H and O–H groups in total. The van der Waals surface area contributed by atoms with Crippen LogP contribution in [0.3, 0.4) is 0 Å². The smallest absolute Gasteiger partial charge is 0.406 e. The molecular weight excluding hydrogens is 1370 g/mol. The second-order valence-corrected chi connectivity index (χ2v) is 16.0. The molecule has 23 nitrogen and oxygen atoms in total. The lowest BCUT2D eigenvalue weighted by Gasteiger charge is -2.11. The minimum absolute atomic E-state index is 0.111. The van der Waals surface area contributed by atoms with Crippen molar-refractivity contribution in [1.82, 2.24) is 29.5 Å². The van der Waals surface area contributed by atoms with Crippen LogP contribution in [0, 0.1) is 31.6 Å². The molecular formula is C53H45ClF12IN13O10. The zero-order chi connectivity index (χ0) is 68.5. The summed E-state index contributed by atoms with van der Waals surface area (Å²) in [5.74, 6) is -1.27. The Morgan fingerprint density at radius 3 is 1.33 bits per heavy atom. The van der Waals surface area contributed by atoms with Gasteiger partial charge in [0.15, 0.2) is 0 Å². The number of halogens is 14. The standard InChI is InChI=1S/C13H8F3N3O2.C12H8F3N3O3.C12H10F3N3O.C7H6F3NO.C5H3ClN2O2.C2H3N.CH3I.CH4O/c14-13(15,16)21-9-3-1-8(2-4-9)19-11-5-6-17-7-10(11)18-12(19)20;13-12(14,15)21-9-3-1-8(2-4-9)17-10-5-6-16-7-11(10)18(19)20;13-12(14,15)19-9-3-1-8(2-4-9)18-11-5-6-17-7-10(11)16;8-7(9,10)12-6-3-1-5(11)2-4-6;6-4-1-2-7-3-5(4)8(9)10;1-2-3;2*1-2/h1-7H,(H,18,20);1-7H,(H,16,17);1-7H,16H2,(H,17,18);1-4H,11H2;1-3H;1H3;1H3;2H,1H3/i;;;;;;1D;. The number of aliphatic hydroxyl groups is 1. The quantitative estimate of drug-likeness (QED) is 0.0175. The third-order valence-electron chi connectivity index (χ3n) is 9.45. The Balaban J connectivity index is 0.000000384. The van der Waals surface area contributed by atoms with Gasteiger partial charge in [-0.1, -0.05) is 34.2 Å². The average molecular weight is 1420 g/mol. The number of nitriles is 1. The SMILES string of the molecule is CC#N.CO.Nc1ccc(OC(F)(F)F)cc1.Nc1cnccc1Nc1ccc(OC(F)(F)F)cc1.O=[N+]([O-])c1cnccc1Cl.O=[N+]([O-])c1cnccc1Nc1ccc(OC(F)(F)F)cc1.O=c1[nH]c2cnccc2n1-c1ccc(OC(F)(F)F)cc1.[2H]CI. The first-order valence-electron chi connectivity index (χ1n) is 24.4. The van der Waals surface area contributed by atoms with Crippen LogP contribution in [0.1, 0.15) is 8.29 Å². The molecule has 0 amide bonds. The molecule has 0 bridgehead atoms. The summed E-state index contributed by atoms with van der Waals surface area (Å²) in [6.45, 7) is 1.43. The third kappa shape index (κ3) is 28.8. The third-order valence-corrected chi connectivity index (χ3v) is 9.77. The molecule has 0 spiro atoms. The maximum Gasteiger partial charge on any atom is 0.573 e. The Morgan fingerprint density at radius 2 is 0.944 bits per heavy atom. The van der Waals surface area contributed by atoms with Gasteiger partial charge >= 0.3 is 42.5 Å². The molecule has 480 valence electrons. The Morgan fingerprint density at radius 1 is 0.600 bits per heavy atom. The first-order chi connectivity index (χ1) is 42.7. The van der Waals surface area contributed by atoms with E-state index in [9.17, 15) is 77.7 Å². The van der Waals surface area contributed by atoms with Crippen molar-refractivity contribution in [3.05, 3.63) is 207 Å². The number of hydrogen-bond donors (Lipinski definition) is 6. The molecule has 0 aliphatic heterocycles. The number of hydrogen-bond acceptors (Lipinski definition) is 19. The van der Waals surface area contributed by atoms with Gasteiger partial charge < -0.3 is 51.1 Å². The Bertz CT molecular complexity index is 3760. The van der Waals surface area contributed by atoms with Gasteiger partial charge in [-0.15, -0.1) is 52.7 Å². The molecule has 37 heteroatoms. The number of nitro groups is 2. The van der Waals surface area contributed by atoms with Crippen LogP contribution in [0.5, 0.6) is 23.0 Å². The lowest BCUT2D eigenvalue weighted by Crippen LogP contribution is -2.17. The van der Waals surface area contributed by atoms with E-state index in [0.717, 1.165) is 55.9 Å². The number of ether oxygens (including phenoxy) is 4. The molecule has 0 unspecified atom stereocenters. The van der Waals surface area contributed by atoms with Gasteiger partial charge in [-0.3, -0.25) is 44.7 Å². The van der Waals surface area contributed by atoms with E-state index in [1.165, 1.54) is 115 Å². The van der Waals surface area contributed by atoms with Crippen LogP contribution >= 0.6 is 34.2 Å². The summed E-state index contributed by atoms with van der Waals surface area (Å²) in [6.07, 6.45) is -7.85. The highest BCUT2D eigenvalue weighted by Crippen LogP contribution is 2.31. The van der Waals surface area contributed by atoms with Gasteiger partial charge in [0.1, 0.15) is 46.1 Å². The highest BCUT2D eigenvalue weighted by Gasteiger charge is 2.33. The van der Waals surface area contributed by atoms with Crippen LogP contribution in [0.4, 0.5) is 98.2 Å². The van der Waals surface area contributed by atoms with E-state index in [1.807, 2.05) is 22.6 Å². The summed E-state index contributed by atoms with van der Waals surface area (Å²) in [6, 6.07) is 28.0. The van der Waals surface area contributed by atoms with Crippen molar-refractivity contribution in [2.45, 2.75) is 32.4 Å². The molecule has 4 aromatic carbocycles. The molecule has 5 heterocycles.